The standard InChI is InChI=1S/C20H17F9N2O2/c1-11(32)30-9-12-2-4-16(5-3-12)31-10-17(33,20(27,28)29)13-6-14(18(21,22)23)8-15(7-13)19(24,25)26/h2-8,31,33H,9-10H2,1H3,(H,30,32)/t17-/m1/s1. The monoisotopic (exact) mass is 488 g/mol. The summed E-state index contributed by atoms with van der Waals surface area (Å²) in [6, 6.07) is 4.69. The Balaban J connectivity index is 2.42. The van der Waals surface area contributed by atoms with Crippen molar-refractivity contribution in [1.29, 1.82) is 0 Å². The maximum atomic E-state index is 13.7. The molecule has 0 heterocycles. The summed E-state index contributed by atoms with van der Waals surface area (Å²) >= 11 is 0. The molecule has 3 N–H and O–H groups in total. The van der Waals surface area contributed by atoms with Crippen LogP contribution in [-0.2, 0) is 29.3 Å². The molecule has 2 rings (SSSR count). The van der Waals surface area contributed by atoms with Gasteiger partial charge in [0.1, 0.15) is 0 Å². The van der Waals surface area contributed by atoms with E-state index >= 15 is 0 Å². The summed E-state index contributed by atoms with van der Waals surface area (Å²) in [7, 11) is 0. The lowest BCUT2D eigenvalue weighted by Crippen LogP contribution is -2.48. The minimum Gasteiger partial charge on any atom is -0.381 e. The summed E-state index contributed by atoms with van der Waals surface area (Å²) in [5.74, 6) is -0.327. The van der Waals surface area contributed by atoms with E-state index in [4.69, 9.17) is 0 Å². The Kier molecular flexibility index (Phi) is 7.27. The van der Waals surface area contributed by atoms with Crippen molar-refractivity contribution in [2.45, 2.75) is 37.6 Å². The van der Waals surface area contributed by atoms with E-state index in [1.807, 2.05) is 0 Å². The van der Waals surface area contributed by atoms with Crippen LogP contribution >= 0.6 is 0 Å². The van der Waals surface area contributed by atoms with Crippen LogP contribution in [-0.4, -0.2) is 23.7 Å². The minimum atomic E-state index is -5.63. The van der Waals surface area contributed by atoms with Crippen LogP contribution in [0.5, 0.6) is 0 Å². The quantitative estimate of drug-likeness (QED) is 0.489. The van der Waals surface area contributed by atoms with Gasteiger partial charge in [0.15, 0.2) is 0 Å². The summed E-state index contributed by atoms with van der Waals surface area (Å²) in [6.45, 7) is -0.0847. The zero-order valence-electron chi connectivity index (χ0n) is 16.7. The number of benzene rings is 2. The van der Waals surface area contributed by atoms with Gasteiger partial charge in [-0.15, -0.1) is 0 Å². The molecule has 2 aromatic rings. The van der Waals surface area contributed by atoms with E-state index in [2.05, 4.69) is 10.6 Å². The van der Waals surface area contributed by atoms with Crippen LogP contribution in [0.3, 0.4) is 0 Å². The molecule has 0 spiro atoms. The molecular weight excluding hydrogens is 471 g/mol. The van der Waals surface area contributed by atoms with Crippen LogP contribution in [0.15, 0.2) is 42.5 Å². The average Bonchev–Trinajstić information content (AvgIpc) is 2.68. The highest BCUT2D eigenvalue weighted by molar-refractivity contribution is 5.72. The summed E-state index contributed by atoms with van der Waals surface area (Å²) in [6.07, 6.45) is -16.4. The fourth-order valence-corrected chi connectivity index (χ4v) is 2.76. The van der Waals surface area contributed by atoms with E-state index in [1.54, 1.807) is 0 Å². The van der Waals surface area contributed by atoms with Crippen molar-refractivity contribution >= 4 is 11.6 Å². The number of nitrogens with one attached hydrogen (secondary N) is 2. The number of carbonyl (C=O) groups excluding carboxylic acids is 1. The van der Waals surface area contributed by atoms with Crippen LogP contribution in [0.25, 0.3) is 0 Å². The first kappa shape index (κ1) is 26.3. The number of amides is 1. The summed E-state index contributed by atoms with van der Waals surface area (Å²) in [5, 5.41) is 15.0. The lowest BCUT2D eigenvalue weighted by atomic mass is 9.89. The van der Waals surface area contributed by atoms with Crippen molar-refractivity contribution in [1.82, 2.24) is 5.32 Å². The molecule has 1 atom stereocenters. The molecule has 1 amide bonds. The predicted molar refractivity (Wildman–Crippen MR) is 98.9 cm³/mol. The lowest BCUT2D eigenvalue weighted by Gasteiger charge is -2.32. The third-order valence-corrected chi connectivity index (χ3v) is 4.58. The molecule has 0 aliphatic heterocycles. The molecule has 0 bridgehead atoms. The summed E-state index contributed by atoms with van der Waals surface area (Å²) in [4.78, 5) is 10.9. The first-order valence-electron chi connectivity index (χ1n) is 9.10. The van der Waals surface area contributed by atoms with Gasteiger partial charge >= 0.3 is 18.5 Å². The van der Waals surface area contributed by atoms with Crippen molar-refractivity contribution in [3.05, 3.63) is 64.7 Å². The first-order valence-corrected chi connectivity index (χ1v) is 9.10. The predicted octanol–water partition coefficient (Wildman–Crippen LogP) is 5.22. The minimum absolute atomic E-state index is 0.00716. The van der Waals surface area contributed by atoms with E-state index in [0.29, 0.717) is 5.56 Å². The normalized spacial score (nSPS) is 14.5. The SMILES string of the molecule is CC(=O)NCc1ccc(NC[C@@](O)(c2cc(C(F)(F)F)cc(C(F)(F)F)c2)C(F)(F)F)cc1. The third-order valence-electron chi connectivity index (χ3n) is 4.58. The van der Waals surface area contributed by atoms with Gasteiger partial charge < -0.3 is 15.7 Å². The number of rotatable bonds is 6. The molecule has 0 saturated carbocycles. The molecule has 4 nitrogen and oxygen atoms in total. The number of hydrogen-bond donors (Lipinski definition) is 3. The van der Waals surface area contributed by atoms with Gasteiger partial charge in [0, 0.05) is 19.2 Å². The molecule has 0 aliphatic rings. The third kappa shape index (κ3) is 6.53. The van der Waals surface area contributed by atoms with E-state index < -0.39 is 47.4 Å². The van der Waals surface area contributed by atoms with Gasteiger partial charge in [-0.25, -0.2) is 0 Å². The smallest absolute Gasteiger partial charge is 0.381 e. The number of carbonyl (C=O) groups is 1. The van der Waals surface area contributed by atoms with Crippen molar-refractivity contribution in [3.8, 4) is 0 Å². The highest BCUT2D eigenvalue weighted by Crippen LogP contribution is 2.44. The van der Waals surface area contributed by atoms with E-state index in [1.165, 1.54) is 31.2 Å². The molecule has 0 fully saturated rings. The zero-order chi connectivity index (χ0) is 25.2. The van der Waals surface area contributed by atoms with Crippen LogP contribution in [0.1, 0.15) is 29.2 Å². The Bertz CT molecular complexity index is 951. The summed E-state index contributed by atoms with van der Waals surface area (Å²) in [5.41, 5.74) is -9.12. The molecular formula is C20H17F9N2O2. The van der Waals surface area contributed by atoms with Crippen LogP contribution in [0.4, 0.5) is 45.2 Å². The van der Waals surface area contributed by atoms with Crippen LogP contribution in [0, 0.1) is 0 Å². The van der Waals surface area contributed by atoms with Crippen LogP contribution < -0.4 is 10.6 Å². The molecule has 33 heavy (non-hydrogen) atoms. The fourth-order valence-electron chi connectivity index (χ4n) is 2.76. The molecule has 0 saturated heterocycles. The Hall–Kier alpha value is -2.96. The van der Waals surface area contributed by atoms with Gasteiger partial charge in [-0.05, 0) is 41.5 Å². The first-order chi connectivity index (χ1) is 14.9. The maximum Gasteiger partial charge on any atom is 0.423 e. The van der Waals surface area contributed by atoms with Crippen LogP contribution in [0.2, 0.25) is 0 Å². The number of hydrogen-bond acceptors (Lipinski definition) is 3. The Morgan fingerprint density at radius 2 is 1.27 bits per heavy atom. The maximum absolute atomic E-state index is 13.7. The van der Waals surface area contributed by atoms with Gasteiger partial charge in [-0.1, -0.05) is 12.1 Å². The molecule has 0 radical (unpaired) electrons. The second-order valence-electron chi connectivity index (χ2n) is 7.11. The Morgan fingerprint density at radius 3 is 1.67 bits per heavy atom. The van der Waals surface area contributed by atoms with Gasteiger partial charge in [0.2, 0.25) is 11.5 Å². The average molecular weight is 488 g/mol. The number of alkyl halides is 9. The van der Waals surface area contributed by atoms with E-state index in [0.717, 1.165) is 0 Å². The lowest BCUT2D eigenvalue weighted by molar-refractivity contribution is -0.261. The van der Waals surface area contributed by atoms with Crippen molar-refractivity contribution in [2.24, 2.45) is 0 Å². The topological polar surface area (TPSA) is 61.4 Å². The van der Waals surface area contributed by atoms with E-state index in [-0.39, 0.29) is 36.3 Å². The number of anilines is 1. The Labute approximate surface area is 181 Å². The summed E-state index contributed by atoms with van der Waals surface area (Å²) < 4.78 is 119. The second-order valence-corrected chi connectivity index (χ2v) is 7.11. The molecule has 0 aromatic heterocycles. The fraction of sp³-hybridized carbons (Fsp3) is 0.350. The van der Waals surface area contributed by atoms with Gasteiger partial charge in [-0.2, -0.15) is 39.5 Å². The van der Waals surface area contributed by atoms with Crippen molar-refractivity contribution < 1.29 is 49.4 Å². The van der Waals surface area contributed by atoms with E-state index in [9.17, 15) is 49.4 Å². The largest absolute Gasteiger partial charge is 0.423 e. The van der Waals surface area contributed by atoms with Crippen molar-refractivity contribution in [3.63, 3.8) is 0 Å². The zero-order valence-corrected chi connectivity index (χ0v) is 16.7. The number of aliphatic hydroxyl groups is 1. The molecule has 0 unspecified atom stereocenters. The molecule has 13 heteroatoms. The van der Waals surface area contributed by atoms with Gasteiger partial charge in [0.25, 0.3) is 0 Å². The highest BCUT2D eigenvalue weighted by atomic mass is 19.4. The Morgan fingerprint density at radius 1 is 0.818 bits per heavy atom. The molecule has 0 aliphatic carbocycles. The van der Waals surface area contributed by atoms with Gasteiger partial charge in [-0.3, -0.25) is 4.79 Å². The van der Waals surface area contributed by atoms with Gasteiger partial charge in [0.05, 0.1) is 17.7 Å². The van der Waals surface area contributed by atoms with Crippen molar-refractivity contribution in [2.75, 3.05) is 11.9 Å². The number of halogens is 9. The molecule has 2 aromatic carbocycles. The molecule has 182 valence electrons. The highest BCUT2D eigenvalue weighted by Gasteiger charge is 2.56. The second kappa shape index (κ2) is 9.12.